The lowest BCUT2D eigenvalue weighted by Gasteiger charge is -2.30. The van der Waals surface area contributed by atoms with Crippen molar-refractivity contribution in [2.75, 3.05) is 30.8 Å². The standard InChI is InChI=1S/C23H27FN6O3S/c1-15-8-9-17(12-21(15)34(25,31)32)28-23-26-13-20(24)22(29-23)27-16-5-3-6-18(11-16)33-19-7-4-10-30(2)14-19/h3,5-6,8-9,11-13,19H,4,7,10,14H2,1-2H3,(H2,25,31,32)(H2,26,27,28,29)/t19-/m1/s1. The zero-order valence-electron chi connectivity index (χ0n) is 19.0. The van der Waals surface area contributed by atoms with Crippen LogP contribution in [0.25, 0.3) is 0 Å². The van der Waals surface area contributed by atoms with Crippen molar-refractivity contribution < 1.29 is 17.5 Å². The zero-order valence-corrected chi connectivity index (χ0v) is 19.8. The Bertz CT molecular complexity index is 1290. The molecular formula is C23H27FN6O3S. The first-order valence-electron chi connectivity index (χ1n) is 10.8. The maximum Gasteiger partial charge on any atom is 0.238 e. The molecule has 0 bridgehead atoms. The zero-order chi connectivity index (χ0) is 24.3. The highest BCUT2D eigenvalue weighted by Gasteiger charge is 2.19. The van der Waals surface area contributed by atoms with E-state index in [1.54, 1.807) is 31.2 Å². The fourth-order valence-electron chi connectivity index (χ4n) is 3.82. The minimum Gasteiger partial charge on any atom is -0.489 e. The summed E-state index contributed by atoms with van der Waals surface area (Å²) in [7, 11) is -1.82. The number of aryl methyl sites for hydroxylation is 1. The van der Waals surface area contributed by atoms with Gasteiger partial charge in [0, 0.05) is 24.0 Å². The fourth-order valence-corrected chi connectivity index (χ4v) is 4.63. The molecule has 1 saturated heterocycles. The third kappa shape index (κ3) is 5.99. The molecule has 0 unspecified atom stereocenters. The van der Waals surface area contributed by atoms with Gasteiger partial charge in [-0.25, -0.2) is 22.9 Å². The van der Waals surface area contributed by atoms with E-state index in [-0.39, 0.29) is 22.8 Å². The molecule has 2 heterocycles. The summed E-state index contributed by atoms with van der Waals surface area (Å²) in [6.07, 6.45) is 3.21. The number of nitrogens with zero attached hydrogens (tertiary/aromatic N) is 3. The number of nitrogens with one attached hydrogen (secondary N) is 2. The Morgan fingerprint density at radius 3 is 2.74 bits per heavy atom. The number of rotatable bonds is 7. The van der Waals surface area contributed by atoms with Crippen LogP contribution in [0.15, 0.2) is 53.6 Å². The molecule has 0 aliphatic carbocycles. The second-order valence-electron chi connectivity index (χ2n) is 8.34. The summed E-state index contributed by atoms with van der Waals surface area (Å²) >= 11 is 0. The number of primary sulfonamides is 1. The van der Waals surface area contributed by atoms with Gasteiger partial charge in [0.15, 0.2) is 11.6 Å². The summed E-state index contributed by atoms with van der Waals surface area (Å²) in [6.45, 7) is 3.57. The molecule has 1 atom stereocenters. The van der Waals surface area contributed by atoms with E-state index >= 15 is 0 Å². The first kappa shape index (κ1) is 23.9. The van der Waals surface area contributed by atoms with Crippen molar-refractivity contribution in [1.82, 2.24) is 14.9 Å². The summed E-state index contributed by atoms with van der Waals surface area (Å²) in [5.74, 6) is 0.102. The van der Waals surface area contributed by atoms with Crippen molar-refractivity contribution in [3.63, 3.8) is 0 Å². The predicted octanol–water partition coefficient (Wildman–Crippen LogP) is 3.53. The molecule has 4 rings (SSSR count). The smallest absolute Gasteiger partial charge is 0.238 e. The van der Waals surface area contributed by atoms with Crippen LogP contribution in [0.2, 0.25) is 0 Å². The SMILES string of the molecule is Cc1ccc(Nc2ncc(F)c(Nc3cccc(O[C@@H]4CCCN(C)C4)c3)n2)cc1S(N)(=O)=O. The van der Waals surface area contributed by atoms with E-state index in [0.717, 1.165) is 32.1 Å². The number of halogens is 1. The van der Waals surface area contributed by atoms with Crippen molar-refractivity contribution >= 4 is 33.2 Å². The number of benzene rings is 2. The second-order valence-corrected chi connectivity index (χ2v) is 9.87. The van der Waals surface area contributed by atoms with E-state index in [0.29, 0.717) is 22.7 Å². The molecule has 3 aromatic rings. The van der Waals surface area contributed by atoms with Gasteiger partial charge in [0.1, 0.15) is 11.9 Å². The molecule has 1 aliphatic rings. The minimum atomic E-state index is -3.89. The highest BCUT2D eigenvalue weighted by molar-refractivity contribution is 7.89. The maximum absolute atomic E-state index is 14.4. The van der Waals surface area contributed by atoms with Crippen LogP contribution >= 0.6 is 0 Å². The van der Waals surface area contributed by atoms with E-state index in [1.165, 1.54) is 6.07 Å². The van der Waals surface area contributed by atoms with Crippen molar-refractivity contribution in [1.29, 1.82) is 0 Å². The Kier molecular flexibility index (Phi) is 6.96. The van der Waals surface area contributed by atoms with E-state index < -0.39 is 15.8 Å². The number of anilines is 4. The monoisotopic (exact) mass is 486 g/mol. The summed E-state index contributed by atoms with van der Waals surface area (Å²) in [4.78, 5) is 10.4. The second kappa shape index (κ2) is 9.92. The molecule has 4 N–H and O–H groups in total. The average molecular weight is 487 g/mol. The van der Waals surface area contributed by atoms with E-state index in [4.69, 9.17) is 9.88 Å². The number of likely N-dealkylation sites (N-methyl/N-ethyl adjacent to an activating group) is 1. The normalized spacial score (nSPS) is 16.8. The largest absolute Gasteiger partial charge is 0.489 e. The molecule has 2 aromatic carbocycles. The van der Waals surface area contributed by atoms with Crippen LogP contribution in [0, 0.1) is 12.7 Å². The first-order chi connectivity index (χ1) is 16.2. The van der Waals surface area contributed by atoms with Gasteiger partial charge in [-0.15, -0.1) is 0 Å². The van der Waals surface area contributed by atoms with Gasteiger partial charge in [0.25, 0.3) is 0 Å². The number of ether oxygens (including phenoxy) is 1. The highest BCUT2D eigenvalue weighted by atomic mass is 32.2. The molecule has 0 saturated carbocycles. The molecule has 0 radical (unpaired) electrons. The van der Waals surface area contributed by atoms with E-state index in [1.807, 2.05) is 12.1 Å². The van der Waals surface area contributed by atoms with E-state index in [2.05, 4.69) is 32.5 Å². The number of nitrogens with two attached hydrogens (primary N) is 1. The van der Waals surface area contributed by atoms with Crippen LogP contribution in [-0.2, 0) is 10.0 Å². The van der Waals surface area contributed by atoms with Crippen molar-refractivity contribution in [2.45, 2.75) is 30.8 Å². The average Bonchev–Trinajstić information content (AvgIpc) is 2.77. The molecule has 9 nitrogen and oxygen atoms in total. The van der Waals surface area contributed by atoms with Crippen LogP contribution < -0.4 is 20.5 Å². The number of likely N-dealkylation sites (tertiary alicyclic amines) is 1. The molecule has 34 heavy (non-hydrogen) atoms. The Morgan fingerprint density at radius 2 is 1.97 bits per heavy atom. The quantitative estimate of drug-likeness (QED) is 0.464. The van der Waals surface area contributed by atoms with Crippen molar-refractivity contribution in [3.8, 4) is 5.75 Å². The van der Waals surface area contributed by atoms with Gasteiger partial charge in [-0.05, 0) is 63.2 Å². The van der Waals surface area contributed by atoms with Crippen LogP contribution in [-0.4, -0.2) is 49.5 Å². The lowest BCUT2D eigenvalue weighted by atomic mass is 10.1. The van der Waals surface area contributed by atoms with E-state index in [9.17, 15) is 12.8 Å². The predicted molar refractivity (Wildman–Crippen MR) is 129 cm³/mol. The van der Waals surface area contributed by atoms with Crippen molar-refractivity contribution in [3.05, 3.63) is 60.0 Å². The number of hydrogen-bond acceptors (Lipinski definition) is 8. The third-order valence-corrected chi connectivity index (χ3v) is 6.53. The van der Waals surface area contributed by atoms with Crippen LogP contribution in [0.1, 0.15) is 18.4 Å². The molecule has 11 heteroatoms. The molecule has 1 fully saturated rings. The Balaban J connectivity index is 1.50. The highest BCUT2D eigenvalue weighted by Crippen LogP contribution is 2.26. The maximum atomic E-state index is 14.4. The van der Waals surface area contributed by atoms with Gasteiger partial charge in [-0.1, -0.05) is 12.1 Å². The Labute approximate surface area is 198 Å². The van der Waals surface area contributed by atoms with Gasteiger partial charge in [0.2, 0.25) is 16.0 Å². The Morgan fingerprint density at radius 1 is 1.18 bits per heavy atom. The number of aromatic nitrogens is 2. The third-order valence-electron chi connectivity index (χ3n) is 5.48. The van der Waals surface area contributed by atoms with Crippen LogP contribution in [0.5, 0.6) is 5.75 Å². The van der Waals surface area contributed by atoms with Gasteiger partial charge in [-0.2, -0.15) is 4.98 Å². The number of sulfonamides is 1. The summed E-state index contributed by atoms with van der Waals surface area (Å²) < 4.78 is 44.1. The van der Waals surface area contributed by atoms with Gasteiger partial charge < -0.3 is 20.3 Å². The van der Waals surface area contributed by atoms with Crippen LogP contribution in [0.3, 0.4) is 0 Å². The number of hydrogen-bond donors (Lipinski definition) is 3. The molecule has 0 amide bonds. The molecule has 1 aromatic heterocycles. The molecule has 0 spiro atoms. The lowest BCUT2D eigenvalue weighted by molar-refractivity contribution is 0.104. The Hall–Kier alpha value is -3.28. The fraction of sp³-hybridized carbons (Fsp3) is 0.304. The van der Waals surface area contributed by atoms with Crippen LogP contribution in [0.4, 0.5) is 27.5 Å². The summed E-state index contributed by atoms with van der Waals surface area (Å²) in [5.41, 5.74) is 1.52. The minimum absolute atomic E-state index is 0.0149. The molecule has 180 valence electrons. The summed E-state index contributed by atoms with van der Waals surface area (Å²) in [5, 5.41) is 11.1. The van der Waals surface area contributed by atoms with Gasteiger partial charge >= 0.3 is 0 Å². The molecular weight excluding hydrogens is 459 g/mol. The van der Waals surface area contributed by atoms with Gasteiger partial charge in [-0.3, -0.25) is 0 Å². The van der Waals surface area contributed by atoms with Crippen molar-refractivity contribution in [2.24, 2.45) is 5.14 Å². The first-order valence-corrected chi connectivity index (χ1v) is 12.4. The molecule has 1 aliphatic heterocycles. The topological polar surface area (TPSA) is 122 Å². The number of piperidine rings is 1. The lowest BCUT2D eigenvalue weighted by Crippen LogP contribution is -2.38. The summed E-state index contributed by atoms with van der Waals surface area (Å²) in [6, 6.07) is 11.9. The van der Waals surface area contributed by atoms with Gasteiger partial charge in [0.05, 0.1) is 11.1 Å².